The Kier molecular flexibility index (Phi) is 2.36. The van der Waals surface area contributed by atoms with E-state index in [-0.39, 0.29) is 0 Å². The van der Waals surface area contributed by atoms with Crippen LogP contribution in [0, 0.1) is 3.70 Å². The molecular formula is C8H12IN3. The minimum absolute atomic E-state index is 0.977. The minimum Gasteiger partial charge on any atom is -0.329 e. The first-order chi connectivity index (χ1) is 5.83. The van der Waals surface area contributed by atoms with E-state index in [0.29, 0.717) is 0 Å². The van der Waals surface area contributed by atoms with Crippen LogP contribution in [0.2, 0.25) is 0 Å². The third-order valence-corrected chi connectivity index (χ3v) is 3.09. The molecular weight excluding hydrogens is 265 g/mol. The van der Waals surface area contributed by atoms with Gasteiger partial charge in [0.15, 0.2) is 0 Å². The summed E-state index contributed by atoms with van der Waals surface area (Å²) in [5, 5.41) is 3.35. The van der Waals surface area contributed by atoms with Crippen LogP contribution in [-0.4, -0.2) is 16.1 Å². The molecule has 0 aromatic carbocycles. The molecule has 66 valence electrons. The van der Waals surface area contributed by atoms with Crippen molar-refractivity contribution in [3.8, 4) is 0 Å². The summed E-state index contributed by atoms with van der Waals surface area (Å²) in [5.41, 5.74) is 1.36. The van der Waals surface area contributed by atoms with E-state index in [2.05, 4.69) is 44.4 Å². The molecule has 0 fully saturated rings. The maximum absolute atomic E-state index is 4.52. The number of halogens is 1. The summed E-state index contributed by atoms with van der Waals surface area (Å²) in [6.07, 6.45) is 1.04. The van der Waals surface area contributed by atoms with E-state index in [1.54, 1.807) is 0 Å². The summed E-state index contributed by atoms with van der Waals surface area (Å²) in [4.78, 5) is 4.52. The molecule has 0 unspecified atom stereocenters. The fraction of sp³-hybridized carbons (Fsp3) is 0.625. The van der Waals surface area contributed by atoms with E-state index >= 15 is 0 Å². The van der Waals surface area contributed by atoms with Crippen molar-refractivity contribution in [2.24, 2.45) is 0 Å². The second kappa shape index (κ2) is 3.33. The Balaban J connectivity index is 2.47. The molecule has 0 amide bonds. The number of hydrogen-bond donors (Lipinski definition) is 1. The zero-order chi connectivity index (χ0) is 8.55. The second-order valence-corrected chi connectivity index (χ2v) is 3.97. The first kappa shape index (κ1) is 8.50. The standard InChI is InChI=1S/C8H12IN3/c1-2-7-11-8(9)6-5-10-3-4-12(6)7/h10H,2-5H2,1H3. The lowest BCUT2D eigenvalue weighted by Gasteiger charge is -2.17. The van der Waals surface area contributed by atoms with Gasteiger partial charge in [-0.25, -0.2) is 4.98 Å². The van der Waals surface area contributed by atoms with E-state index in [1.165, 1.54) is 11.5 Å². The highest BCUT2D eigenvalue weighted by Crippen LogP contribution is 2.16. The van der Waals surface area contributed by atoms with Crippen LogP contribution in [0.4, 0.5) is 0 Å². The summed E-state index contributed by atoms with van der Waals surface area (Å²) in [6.45, 7) is 5.29. The first-order valence-corrected chi connectivity index (χ1v) is 5.35. The SMILES string of the molecule is CCc1nc(I)c2n1CCNC2. The minimum atomic E-state index is 0.977. The number of hydrogen-bond acceptors (Lipinski definition) is 2. The van der Waals surface area contributed by atoms with Gasteiger partial charge >= 0.3 is 0 Å². The van der Waals surface area contributed by atoms with E-state index in [0.717, 1.165) is 29.8 Å². The van der Waals surface area contributed by atoms with E-state index in [4.69, 9.17) is 0 Å². The molecule has 0 saturated heterocycles. The topological polar surface area (TPSA) is 29.9 Å². The van der Waals surface area contributed by atoms with Crippen molar-refractivity contribution in [2.75, 3.05) is 6.54 Å². The molecule has 2 heterocycles. The van der Waals surface area contributed by atoms with Crippen molar-refractivity contribution >= 4 is 22.6 Å². The smallest absolute Gasteiger partial charge is 0.124 e. The Morgan fingerprint density at radius 2 is 2.50 bits per heavy atom. The average molecular weight is 277 g/mol. The fourth-order valence-electron chi connectivity index (χ4n) is 1.61. The van der Waals surface area contributed by atoms with Gasteiger partial charge in [-0.15, -0.1) is 0 Å². The van der Waals surface area contributed by atoms with Crippen LogP contribution in [0.3, 0.4) is 0 Å². The highest BCUT2D eigenvalue weighted by Gasteiger charge is 2.16. The third-order valence-electron chi connectivity index (χ3n) is 2.22. The quantitative estimate of drug-likeness (QED) is 0.780. The molecule has 12 heavy (non-hydrogen) atoms. The van der Waals surface area contributed by atoms with Gasteiger partial charge in [-0.1, -0.05) is 6.92 Å². The van der Waals surface area contributed by atoms with Crippen LogP contribution in [0.1, 0.15) is 18.4 Å². The van der Waals surface area contributed by atoms with Crippen molar-refractivity contribution in [3.05, 3.63) is 15.2 Å². The van der Waals surface area contributed by atoms with Gasteiger partial charge in [0, 0.05) is 26.1 Å². The molecule has 1 N–H and O–H groups in total. The number of aromatic nitrogens is 2. The predicted octanol–water partition coefficient (Wildman–Crippen LogP) is 1.15. The van der Waals surface area contributed by atoms with Crippen LogP contribution in [0.5, 0.6) is 0 Å². The van der Waals surface area contributed by atoms with Crippen molar-refractivity contribution in [1.82, 2.24) is 14.9 Å². The Morgan fingerprint density at radius 3 is 3.25 bits per heavy atom. The van der Waals surface area contributed by atoms with E-state index in [9.17, 15) is 0 Å². The third kappa shape index (κ3) is 1.26. The van der Waals surface area contributed by atoms with Crippen molar-refractivity contribution in [3.63, 3.8) is 0 Å². The molecule has 0 saturated carbocycles. The number of nitrogens with zero attached hydrogens (tertiary/aromatic N) is 2. The van der Waals surface area contributed by atoms with Gasteiger partial charge in [0.25, 0.3) is 0 Å². The lowest BCUT2D eigenvalue weighted by molar-refractivity contribution is 0.501. The van der Waals surface area contributed by atoms with Crippen molar-refractivity contribution < 1.29 is 0 Å². The Morgan fingerprint density at radius 1 is 1.67 bits per heavy atom. The van der Waals surface area contributed by atoms with Gasteiger partial charge in [0.05, 0.1) is 5.69 Å². The maximum atomic E-state index is 4.52. The van der Waals surface area contributed by atoms with Crippen molar-refractivity contribution in [2.45, 2.75) is 26.4 Å². The molecule has 0 aliphatic carbocycles. The predicted molar refractivity (Wildman–Crippen MR) is 56.0 cm³/mol. The summed E-state index contributed by atoms with van der Waals surface area (Å²) >= 11 is 2.32. The lowest BCUT2D eigenvalue weighted by Crippen LogP contribution is -2.29. The molecule has 2 rings (SSSR count). The van der Waals surface area contributed by atoms with Gasteiger partial charge in [0.2, 0.25) is 0 Å². The molecule has 0 bridgehead atoms. The Bertz CT molecular complexity index is 293. The van der Waals surface area contributed by atoms with E-state index < -0.39 is 0 Å². The molecule has 1 aliphatic heterocycles. The zero-order valence-electron chi connectivity index (χ0n) is 7.10. The van der Waals surface area contributed by atoms with Gasteiger partial charge in [0.1, 0.15) is 9.53 Å². The number of rotatable bonds is 1. The maximum Gasteiger partial charge on any atom is 0.124 e. The van der Waals surface area contributed by atoms with Gasteiger partial charge in [-0.3, -0.25) is 0 Å². The number of aryl methyl sites for hydroxylation is 1. The lowest BCUT2D eigenvalue weighted by atomic mass is 10.3. The largest absolute Gasteiger partial charge is 0.329 e. The summed E-state index contributed by atoms with van der Waals surface area (Å²) in [5.74, 6) is 1.23. The average Bonchev–Trinajstić information content (AvgIpc) is 2.44. The first-order valence-electron chi connectivity index (χ1n) is 4.27. The number of nitrogens with one attached hydrogen (secondary N) is 1. The number of imidazole rings is 1. The molecule has 0 spiro atoms. The summed E-state index contributed by atoms with van der Waals surface area (Å²) in [6, 6.07) is 0. The summed E-state index contributed by atoms with van der Waals surface area (Å²) < 4.78 is 3.51. The monoisotopic (exact) mass is 277 g/mol. The molecule has 0 atom stereocenters. The second-order valence-electron chi connectivity index (χ2n) is 2.95. The highest BCUT2D eigenvalue weighted by molar-refractivity contribution is 14.1. The van der Waals surface area contributed by atoms with Crippen LogP contribution >= 0.6 is 22.6 Å². The Hall–Kier alpha value is -0.100. The van der Waals surface area contributed by atoms with E-state index in [1.807, 2.05) is 0 Å². The Labute approximate surface area is 85.7 Å². The van der Waals surface area contributed by atoms with Crippen molar-refractivity contribution in [1.29, 1.82) is 0 Å². The molecule has 0 radical (unpaired) electrons. The van der Waals surface area contributed by atoms with Gasteiger partial charge in [-0.05, 0) is 22.6 Å². The molecule has 3 nitrogen and oxygen atoms in total. The highest BCUT2D eigenvalue weighted by atomic mass is 127. The normalized spacial score (nSPS) is 16.2. The summed E-state index contributed by atoms with van der Waals surface area (Å²) in [7, 11) is 0. The van der Waals surface area contributed by atoms with Gasteiger partial charge < -0.3 is 9.88 Å². The van der Waals surface area contributed by atoms with Crippen LogP contribution < -0.4 is 5.32 Å². The van der Waals surface area contributed by atoms with Crippen LogP contribution in [0.15, 0.2) is 0 Å². The fourth-order valence-corrected chi connectivity index (χ4v) is 2.37. The molecule has 1 aliphatic rings. The molecule has 1 aromatic rings. The number of fused-ring (bicyclic) bond motifs is 1. The molecule has 1 aromatic heterocycles. The van der Waals surface area contributed by atoms with Crippen LogP contribution in [-0.2, 0) is 19.5 Å². The van der Waals surface area contributed by atoms with Crippen LogP contribution in [0.25, 0.3) is 0 Å². The van der Waals surface area contributed by atoms with Gasteiger partial charge in [-0.2, -0.15) is 0 Å². The molecule has 4 heteroatoms. The zero-order valence-corrected chi connectivity index (χ0v) is 9.26.